The number of ether oxygens (including phenoxy) is 4. The minimum atomic E-state index is -0.270. The molecule has 4 aromatic rings. The van der Waals surface area contributed by atoms with Crippen LogP contribution in [0.2, 0.25) is 0 Å². The topological polar surface area (TPSA) is 36.9 Å². The van der Waals surface area contributed by atoms with Crippen molar-refractivity contribution in [2.75, 3.05) is 12.4 Å². The summed E-state index contributed by atoms with van der Waals surface area (Å²) in [6.45, 7) is 4.86. The first-order valence-corrected chi connectivity index (χ1v) is 16.6. The summed E-state index contributed by atoms with van der Waals surface area (Å²) >= 11 is 3.83. The van der Waals surface area contributed by atoms with Crippen LogP contribution in [-0.4, -0.2) is 40.5 Å². The van der Waals surface area contributed by atoms with Crippen LogP contribution in [0.5, 0.6) is 0 Å². The molecule has 220 valence electrons. The van der Waals surface area contributed by atoms with E-state index in [-0.39, 0.29) is 28.1 Å². The van der Waals surface area contributed by atoms with Crippen molar-refractivity contribution in [2.45, 2.75) is 61.5 Å². The second-order valence-corrected chi connectivity index (χ2v) is 13.4. The molecule has 1 aliphatic heterocycles. The Bertz CT molecular complexity index is 1280. The van der Waals surface area contributed by atoms with Gasteiger partial charge in [0, 0.05) is 0 Å². The summed E-state index contributed by atoms with van der Waals surface area (Å²) in [7, 11) is 0. The quantitative estimate of drug-likeness (QED) is 0.137. The van der Waals surface area contributed by atoms with Crippen LogP contribution in [0, 0.1) is 0 Å². The Morgan fingerprint density at radius 3 is 1.38 bits per heavy atom. The van der Waals surface area contributed by atoms with Crippen molar-refractivity contribution in [3.63, 3.8) is 0 Å². The molecule has 0 amide bonds. The van der Waals surface area contributed by atoms with E-state index in [1.165, 1.54) is 5.56 Å². The second kappa shape index (κ2) is 16.9. The molecule has 0 aromatic heterocycles. The average Bonchev–Trinajstić information content (AvgIpc) is 3.05. The first-order chi connectivity index (χ1) is 20.8. The van der Waals surface area contributed by atoms with E-state index in [0.29, 0.717) is 33.0 Å². The molecular weight excluding hydrogens is 561 g/mol. The molecule has 4 aromatic carbocycles. The van der Waals surface area contributed by atoms with Crippen LogP contribution in [-0.2, 0) is 45.4 Å². The fourth-order valence-electron chi connectivity index (χ4n) is 5.05. The minimum absolute atomic E-state index is 0.0822. The zero-order chi connectivity index (χ0) is 28.8. The third-order valence-electron chi connectivity index (χ3n) is 7.17. The van der Waals surface area contributed by atoms with E-state index in [0.717, 1.165) is 22.4 Å². The van der Waals surface area contributed by atoms with E-state index in [2.05, 4.69) is 104 Å². The standard InChI is InChI=1S/C36H40O4S2/c1-2-41-36-35(40-26-31-21-13-6-14-22-31)34(39-25-30-19-11-5-12-20-30)33(38-24-29-17-9-4-10-18-29)32(42-36)27-37-23-28-15-7-3-8-16-28/h3-22,32-36H,2,23-27H2,1H3/t32-,33-,34+,35-,36-/m1/s1. The molecule has 0 aliphatic carbocycles. The van der Waals surface area contributed by atoms with Gasteiger partial charge in [0.25, 0.3) is 0 Å². The zero-order valence-electron chi connectivity index (χ0n) is 24.1. The van der Waals surface area contributed by atoms with Gasteiger partial charge in [-0.1, -0.05) is 128 Å². The molecule has 0 spiro atoms. The zero-order valence-corrected chi connectivity index (χ0v) is 25.8. The first kappa shape index (κ1) is 30.9. The molecule has 1 fully saturated rings. The summed E-state index contributed by atoms with van der Waals surface area (Å²) in [5, 5.41) is 0.0822. The molecule has 0 saturated carbocycles. The highest BCUT2D eigenvalue weighted by atomic mass is 32.2. The van der Waals surface area contributed by atoms with Crippen molar-refractivity contribution in [1.82, 2.24) is 0 Å². The predicted molar refractivity (Wildman–Crippen MR) is 174 cm³/mol. The van der Waals surface area contributed by atoms with Gasteiger partial charge < -0.3 is 18.9 Å². The maximum Gasteiger partial charge on any atom is 0.113 e. The minimum Gasteiger partial charge on any atom is -0.376 e. The van der Waals surface area contributed by atoms with Gasteiger partial charge in [0.15, 0.2) is 0 Å². The summed E-state index contributed by atoms with van der Waals surface area (Å²) in [6.07, 6.45) is -0.646. The van der Waals surface area contributed by atoms with E-state index >= 15 is 0 Å². The van der Waals surface area contributed by atoms with Gasteiger partial charge in [-0.3, -0.25) is 0 Å². The lowest BCUT2D eigenvalue weighted by atomic mass is 10.0. The first-order valence-electron chi connectivity index (χ1n) is 14.7. The molecule has 0 unspecified atom stereocenters. The fraction of sp³-hybridized carbons (Fsp3) is 0.333. The summed E-state index contributed by atoms with van der Waals surface area (Å²) in [5.74, 6) is 0.988. The Labute approximate surface area is 259 Å². The van der Waals surface area contributed by atoms with Crippen molar-refractivity contribution in [3.05, 3.63) is 144 Å². The summed E-state index contributed by atoms with van der Waals surface area (Å²) in [5.41, 5.74) is 4.59. The number of hydrogen-bond donors (Lipinski definition) is 0. The smallest absolute Gasteiger partial charge is 0.113 e. The fourth-order valence-corrected chi connectivity index (χ4v) is 8.24. The predicted octanol–water partition coefficient (Wildman–Crippen LogP) is 8.15. The maximum atomic E-state index is 6.81. The van der Waals surface area contributed by atoms with Gasteiger partial charge in [0.2, 0.25) is 0 Å². The Balaban J connectivity index is 1.40. The number of rotatable bonds is 15. The third kappa shape index (κ3) is 9.21. The van der Waals surface area contributed by atoms with Crippen molar-refractivity contribution in [3.8, 4) is 0 Å². The molecule has 0 bridgehead atoms. The van der Waals surface area contributed by atoms with Gasteiger partial charge >= 0.3 is 0 Å². The molecule has 42 heavy (non-hydrogen) atoms. The molecule has 5 atom stereocenters. The number of thioether (sulfide) groups is 2. The molecule has 1 heterocycles. The number of benzene rings is 4. The molecular formula is C36H40O4S2. The van der Waals surface area contributed by atoms with Crippen LogP contribution >= 0.6 is 23.5 Å². The Hall–Kier alpha value is -2.58. The highest BCUT2D eigenvalue weighted by molar-refractivity contribution is 8.17. The van der Waals surface area contributed by atoms with Gasteiger partial charge in [0.05, 0.1) is 42.9 Å². The van der Waals surface area contributed by atoms with E-state index in [4.69, 9.17) is 18.9 Å². The van der Waals surface area contributed by atoms with Crippen LogP contribution < -0.4 is 0 Å². The van der Waals surface area contributed by atoms with E-state index < -0.39 is 0 Å². The average molecular weight is 601 g/mol. The second-order valence-electron chi connectivity index (χ2n) is 10.3. The molecule has 6 heteroatoms. The molecule has 1 saturated heterocycles. The van der Waals surface area contributed by atoms with Crippen LogP contribution in [0.15, 0.2) is 121 Å². The Kier molecular flexibility index (Phi) is 12.4. The highest BCUT2D eigenvalue weighted by Gasteiger charge is 2.48. The van der Waals surface area contributed by atoms with Crippen molar-refractivity contribution >= 4 is 23.5 Å². The largest absolute Gasteiger partial charge is 0.376 e. The molecule has 0 N–H and O–H groups in total. The lowest BCUT2D eigenvalue weighted by Crippen LogP contribution is -2.56. The summed E-state index contributed by atoms with van der Waals surface area (Å²) in [6, 6.07) is 41.4. The molecule has 0 radical (unpaired) electrons. The van der Waals surface area contributed by atoms with Gasteiger partial charge in [-0.05, 0) is 28.0 Å². The molecule has 4 nitrogen and oxygen atoms in total. The highest BCUT2D eigenvalue weighted by Crippen LogP contribution is 2.43. The van der Waals surface area contributed by atoms with E-state index in [1.54, 1.807) is 0 Å². The van der Waals surface area contributed by atoms with Gasteiger partial charge in [-0.2, -0.15) is 0 Å². The lowest BCUT2D eigenvalue weighted by molar-refractivity contribution is -0.154. The normalized spacial score (nSPS) is 22.2. The van der Waals surface area contributed by atoms with E-state index in [1.807, 2.05) is 47.8 Å². The van der Waals surface area contributed by atoms with Crippen molar-refractivity contribution in [2.24, 2.45) is 0 Å². The molecule has 1 aliphatic rings. The summed E-state index contributed by atoms with van der Waals surface area (Å²) in [4.78, 5) is 0. The van der Waals surface area contributed by atoms with Gasteiger partial charge in [-0.25, -0.2) is 0 Å². The van der Waals surface area contributed by atoms with Crippen molar-refractivity contribution in [1.29, 1.82) is 0 Å². The maximum absolute atomic E-state index is 6.81. The monoisotopic (exact) mass is 600 g/mol. The van der Waals surface area contributed by atoms with Gasteiger partial charge in [0.1, 0.15) is 18.3 Å². The van der Waals surface area contributed by atoms with Crippen LogP contribution in [0.1, 0.15) is 29.2 Å². The van der Waals surface area contributed by atoms with Crippen LogP contribution in [0.4, 0.5) is 0 Å². The Morgan fingerprint density at radius 1 is 0.524 bits per heavy atom. The lowest BCUT2D eigenvalue weighted by Gasteiger charge is -2.45. The van der Waals surface area contributed by atoms with Gasteiger partial charge in [-0.15, -0.1) is 23.5 Å². The third-order valence-corrected chi connectivity index (χ3v) is 10.1. The SMILES string of the molecule is CCS[C@@H]1S[C@H](COCc2ccccc2)[C@@H](OCc2ccccc2)[C@H](OCc2ccccc2)[C@H]1OCc1ccccc1. The summed E-state index contributed by atoms with van der Waals surface area (Å²) < 4.78 is 26.9. The van der Waals surface area contributed by atoms with Crippen LogP contribution in [0.25, 0.3) is 0 Å². The van der Waals surface area contributed by atoms with Crippen molar-refractivity contribution < 1.29 is 18.9 Å². The Morgan fingerprint density at radius 2 is 0.929 bits per heavy atom. The number of hydrogen-bond acceptors (Lipinski definition) is 6. The van der Waals surface area contributed by atoms with Crippen LogP contribution in [0.3, 0.4) is 0 Å². The van der Waals surface area contributed by atoms with E-state index in [9.17, 15) is 0 Å². The molecule has 5 rings (SSSR count).